The normalized spacial score (nSPS) is 29.0. The molecule has 2 aliphatic carbocycles. The van der Waals surface area contributed by atoms with Crippen LogP contribution in [0, 0.1) is 5.92 Å². The minimum Gasteiger partial charge on any atom is -0.444 e. The van der Waals surface area contributed by atoms with Crippen LogP contribution in [0.4, 0.5) is 10.6 Å². The molecule has 4 N–H and O–H groups in total. The lowest BCUT2D eigenvalue weighted by atomic mass is 10.0. The zero-order chi connectivity index (χ0) is 38.0. The van der Waals surface area contributed by atoms with Crippen molar-refractivity contribution < 1.29 is 41.9 Å². The van der Waals surface area contributed by atoms with Crippen LogP contribution < -0.4 is 25.6 Å². The maximum atomic E-state index is 14.3. The number of nitrogens with zero attached hydrogens (tertiary/aromatic N) is 3. The first kappa shape index (κ1) is 38.5. The van der Waals surface area contributed by atoms with Gasteiger partial charge in [0.05, 0.1) is 24.0 Å². The Labute approximate surface area is 310 Å². The Hall–Kier alpha value is -4.25. The zero-order valence-corrected chi connectivity index (χ0v) is 31.4. The number of alkyl carbamates (subject to hydrolysis) is 1. The first-order chi connectivity index (χ1) is 25.1. The number of nitrogens with one attached hydrogen (secondary N) is 4. The number of rotatable bonds is 7. The van der Waals surface area contributed by atoms with Gasteiger partial charge in [0, 0.05) is 37.8 Å². The van der Waals surface area contributed by atoms with E-state index >= 15 is 0 Å². The van der Waals surface area contributed by atoms with E-state index in [1.807, 2.05) is 12.2 Å². The standard InChI is InChI=1S/C36H51N7O9S/c1-35(2,3)52-34(48)39-27-10-8-6-4-5-7-9-24-20-36(24,33(47)41-53(49,50)26-12-13-26)40-31(45)28-19-25(22-43(28)32(27)46)38-30(44)23-11-14-29(37-21-23)42-15-17-51-18-16-42/h7,9,11,14,21,24-28H,4-6,8,10,12-13,15-20,22H2,1-3H3,(H,38,44)(H,39,48)(H,40,45)(H,41,47)/b9-7-/t24-,25-,27+,28+,36-/m1/s1. The van der Waals surface area contributed by atoms with E-state index in [0.29, 0.717) is 64.0 Å². The number of allylic oxidation sites excluding steroid dienone is 1. The molecule has 0 bridgehead atoms. The topological polar surface area (TPSA) is 205 Å². The highest BCUT2D eigenvalue weighted by Gasteiger charge is 2.62. The number of morpholine rings is 1. The van der Waals surface area contributed by atoms with Crippen molar-refractivity contribution in [2.75, 3.05) is 37.7 Å². The van der Waals surface area contributed by atoms with Crippen LogP contribution in [0.1, 0.15) is 88.9 Å². The predicted molar refractivity (Wildman–Crippen MR) is 193 cm³/mol. The quantitative estimate of drug-likeness (QED) is 0.294. The minimum absolute atomic E-state index is 0.0142. The molecule has 4 heterocycles. The second kappa shape index (κ2) is 15.6. The molecule has 16 nitrogen and oxygen atoms in total. The summed E-state index contributed by atoms with van der Waals surface area (Å²) in [5.74, 6) is -2.16. The highest BCUT2D eigenvalue weighted by molar-refractivity contribution is 7.91. The lowest BCUT2D eigenvalue weighted by molar-refractivity contribution is -0.141. The molecule has 0 unspecified atom stereocenters. The van der Waals surface area contributed by atoms with Crippen LogP contribution in [-0.2, 0) is 33.9 Å². The number of pyridine rings is 1. The Balaban J connectivity index is 1.24. The minimum atomic E-state index is -3.90. The van der Waals surface area contributed by atoms with Gasteiger partial charge in [-0.3, -0.25) is 23.9 Å². The molecule has 3 aliphatic heterocycles. The second-order valence-corrected chi connectivity index (χ2v) is 17.6. The van der Waals surface area contributed by atoms with Gasteiger partial charge in [0.25, 0.3) is 11.8 Å². The van der Waals surface area contributed by atoms with Crippen LogP contribution in [0.5, 0.6) is 0 Å². The van der Waals surface area contributed by atoms with E-state index in [9.17, 15) is 32.4 Å². The third kappa shape index (κ3) is 9.47. The summed E-state index contributed by atoms with van der Waals surface area (Å²) in [6, 6.07) is 0.590. The fraction of sp³-hybridized carbons (Fsp3) is 0.667. The summed E-state index contributed by atoms with van der Waals surface area (Å²) >= 11 is 0. The van der Waals surface area contributed by atoms with Crippen molar-refractivity contribution in [1.29, 1.82) is 0 Å². The molecular formula is C36H51N7O9S. The number of aromatic nitrogens is 1. The van der Waals surface area contributed by atoms with E-state index < -0.39 is 80.2 Å². The summed E-state index contributed by atoms with van der Waals surface area (Å²) in [6.45, 7) is 7.65. The molecule has 0 aromatic carbocycles. The number of sulfonamides is 1. The molecule has 1 aromatic rings. The van der Waals surface area contributed by atoms with Crippen molar-refractivity contribution in [3.05, 3.63) is 36.0 Å². The Morgan fingerprint density at radius 2 is 1.79 bits per heavy atom. The lowest BCUT2D eigenvalue weighted by Gasteiger charge is -2.30. The molecule has 0 spiro atoms. The molecule has 1 aromatic heterocycles. The van der Waals surface area contributed by atoms with E-state index in [1.165, 1.54) is 11.1 Å². The molecule has 0 radical (unpaired) electrons. The van der Waals surface area contributed by atoms with Crippen LogP contribution in [-0.4, -0.2) is 115 Å². The molecule has 5 atom stereocenters. The van der Waals surface area contributed by atoms with Gasteiger partial charge in [-0.15, -0.1) is 0 Å². The Morgan fingerprint density at radius 3 is 2.47 bits per heavy atom. The van der Waals surface area contributed by atoms with E-state index in [2.05, 4.69) is 30.6 Å². The molecule has 6 rings (SSSR count). The molecule has 2 saturated heterocycles. The Bertz CT molecular complexity index is 1700. The predicted octanol–water partition coefficient (Wildman–Crippen LogP) is 1.51. The van der Waals surface area contributed by atoms with Crippen LogP contribution in [0.15, 0.2) is 30.5 Å². The highest BCUT2D eigenvalue weighted by Crippen LogP contribution is 2.46. The second-order valence-electron chi connectivity index (χ2n) is 15.6. The molecule has 53 heavy (non-hydrogen) atoms. The lowest BCUT2D eigenvalue weighted by Crippen LogP contribution is -2.58. The SMILES string of the molecule is CC(C)(C)OC(=O)N[C@H]1CCCCC/C=C\[C@@H]2C[C@@]2(C(=O)NS(=O)(=O)C2CC2)NC(=O)[C@@H]2C[C@@H](NC(=O)c3ccc(N4CCOCC4)nc3)CN2C1=O. The first-order valence-electron chi connectivity index (χ1n) is 18.6. The van der Waals surface area contributed by atoms with Gasteiger partial charge in [-0.1, -0.05) is 25.0 Å². The van der Waals surface area contributed by atoms with Gasteiger partial charge < -0.3 is 35.2 Å². The maximum absolute atomic E-state index is 14.3. The molecule has 5 amide bonds. The van der Waals surface area contributed by atoms with Crippen LogP contribution in [0.2, 0.25) is 0 Å². The fourth-order valence-electron chi connectivity index (χ4n) is 7.12. The molecule has 2 saturated carbocycles. The zero-order valence-electron chi connectivity index (χ0n) is 30.6. The summed E-state index contributed by atoms with van der Waals surface area (Å²) in [5.41, 5.74) is -2.04. The molecule has 290 valence electrons. The maximum Gasteiger partial charge on any atom is 0.408 e. The van der Waals surface area contributed by atoms with Gasteiger partial charge in [-0.2, -0.15) is 0 Å². The van der Waals surface area contributed by atoms with Crippen molar-refractivity contribution in [3.8, 4) is 0 Å². The summed E-state index contributed by atoms with van der Waals surface area (Å²) in [7, 11) is -3.90. The van der Waals surface area contributed by atoms with Crippen molar-refractivity contribution in [3.63, 3.8) is 0 Å². The summed E-state index contributed by atoms with van der Waals surface area (Å²) in [6.07, 6.45) is 8.71. The number of hydrogen-bond donors (Lipinski definition) is 4. The van der Waals surface area contributed by atoms with Gasteiger partial charge in [0.2, 0.25) is 21.8 Å². The molecule has 4 fully saturated rings. The van der Waals surface area contributed by atoms with E-state index in [0.717, 1.165) is 18.7 Å². The number of anilines is 1. The number of ether oxygens (including phenoxy) is 2. The van der Waals surface area contributed by atoms with E-state index in [4.69, 9.17) is 9.47 Å². The highest BCUT2D eigenvalue weighted by atomic mass is 32.2. The third-order valence-corrected chi connectivity index (χ3v) is 12.1. The Kier molecular flexibility index (Phi) is 11.3. The largest absolute Gasteiger partial charge is 0.444 e. The number of carbonyl (C=O) groups excluding carboxylic acids is 5. The van der Waals surface area contributed by atoms with Gasteiger partial charge in [0.15, 0.2) is 0 Å². The average Bonchev–Trinajstić information content (AvgIpc) is 4.03. The third-order valence-electron chi connectivity index (χ3n) is 10.3. The van der Waals surface area contributed by atoms with Crippen molar-refractivity contribution in [1.82, 2.24) is 30.6 Å². The van der Waals surface area contributed by atoms with Crippen LogP contribution >= 0.6 is 0 Å². The molecule has 17 heteroatoms. The van der Waals surface area contributed by atoms with Gasteiger partial charge in [-0.05, 0) is 77.8 Å². The van der Waals surface area contributed by atoms with Crippen molar-refractivity contribution in [2.45, 2.75) is 113 Å². The number of fused-ring (bicyclic) bond motifs is 2. The van der Waals surface area contributed by atoms with Gasteiger partial charge in [0.1, 0.15) is 29.0 Å². The van der Waals surface area contributed by atoms with Crippen LogP contribution in [0.25, 0.3) is 0 Å². The number of amides is 5. The molecular weight excluding hydrogens is 707 g/mol. The van der Waals surface area contributed by atoms with Gasteiger partial charge in [-0.25, -0.2) is 18.2 Å². The average molecular weight is 758 g/mol. The number of hydrogen-bond acceptors (Lipinski definition) is 11. The summed E-state index contributed by atoms with van der Waals surface area (Å²) < 4.78 is 38.6. The summed E-state index contributed by atoms with van der Waals surface area (Å²) in [4.78, 5) is 76.4. The Morgan fingerprint density at radius 1 is 1.04 bits per heavy atom. The monoisotopic (exact) mass is 757 g/mol. The van der Waals surface area contributed by atoms with Crippen molar-refractivity contribution >= 4 is 45.6 Å². The summed E-state index contributed by atoms with van der Waals surface area (Å²) in [5, 5.41) is 7.84. The van der Waals surface area contributed by atoms with E-state index in [1.54, 1.807) is 32.9 Å². The smallest absolute Gasteiger partial charge is 0.408 e. The van der Waals surface area contributed by atoms with Crippen molar-refractivity contribution in [2.24, 2.45) is 5.92 Å². The number of carbonyl (C=O) groups is 5. The molecule has 5 aliphatic rings. The first-order valence-corrected chi connectivity index (χ1v) is 20.1. The van der Waals surface area contributed by atoms with Gasteiger partial charge >= 0.3 is 6.09 Å². The van der Waals surface area contributed by atoms with E-state index in [-0.39, 0.29) is 19.4 Å². The fourth-order valence-corrected chi connectivity index (χ4v) is 8.49. The van der Waals surface area contributed by atoms with Crippen LogP contribution in [0.3, 0.4) is 0 Å².